The molecule has 6 heteroatoms. The van der Waals surface area contributed by atoms with Gasteiger partial charge in [-0.15, -0.1) is 0 Å². The maximum atomic E-state index is 13.5. The third-order valence-electron chi connectivity index (χ3n) is 2.49. The summed E-state index contributed by atoms with van der Waals surface area (Å²) in [7, 11) is 0. The van der Waals surface area contributed by atoms with Crippen LogP contribution in [0.15, 0.2) is 34.8 Å². The van der Waals surface area contributed by atoms with Crippen LogP contribution in [0.5, 0.6) is 5.75 Å². The Kier molecular flexibility index (Phi) is 4.27. The van der Waals surface area contributed by atoms with Crippen LogP contribution in [-0.4, -0.2) is 0 Å². The molecule has 0 aliphatic rings. The standard InChI is InChI=1S/C13H9BrClF2NO/c14-7-4-10(16)13(17)12(5-7)19-6-8-9(15)2-1-3-11(8)18/h1-5H,6,18H2. The summed E-state index contributed by atoms with van der Waals surface area (Å²) in [6, 6.07) is 7.36. The van der Waals surface area contributed by atoms with Crippen molar-refractivity contribution in [3.63, 3.8) is 0 Å². The average Bonchev–Trinajstić information content (AvgIpc) is 2.34. The Morgan fingerprint density at radius 2 is 2.00 bits per heavy atom. The minimum absolute atomic E-state index is 0.0433. The summed E-state index contributed by atoms with van der Waals surface area (Å²) >= 11 is 9.03. The molecule has 0 atom stereocenters. The van der Waals surface area contributed by atoms with Gasteiger partial charge in [-0.1, -0.05) is 33.6 Å². The number of nitrogen functional groups attached to an aromatic ring is 1. The molecule has 0 heterocycles. The van der Waals surface area contributed by atoms with Crippen molar-refractivity contribution in [1.82, 2.24) is 0 Å². The molecule has 0 bridgehead atoms. The largest absolute Gasteiger partial charge is 0.486 e. The van der Waals surface area contributed by atoms with Gasteiger partial charge in [-0.2, -0.15) is 4.39 Å². The third-order valence-corrected chi connectivity index (χ3v) is 3.30. The van der Waals surface area contributed by atoms with E-state index in [9.17, 15) is 8.78 Å². The molecule has 2 nitrogen and oxygen atoms in total. The molecule has 0 radical (unpaired) electrons. The maximum absolute atomic E-state index is 13.5. The Hall–Kier alpha value is -1.33. The van der Waals surface area contributed by atoms with Crippen molar-refractivity contribution < 1.29 is 13.5 Å². The summed E-state index contributed by atoms with van der Waals surface area (Å²) < 4.78 is 32.3. The zero-order valence-corrected chi connectivity index (χ0v) is 11.9. The number of halogens is 4. The van der Waals surface area contributed by atoms with Gasteiger partial charge in [-0.05, 0) is 24.3 Å². The minimum Gasteiger partial charge on any atom is -0.486 e. The van der Waals surface area contributed by atoms with E-state index in [0.717, 1.165) is 6.07 Å². The molecule has 0 aromatic heterocycles. The van der Waals surface area contributed by atoms with Crippen LogP contribution >= 0.6 is 27.5 Å². The van der Waals surface area contributed by atoms with Crippen molar-refractivity contribution in [3.8, 4) is 5.75 Å². The fraction of sp³-hybridized carbons (Fsp3) is 0.0769. The Morgan fingerprint density at radius 1 is 1.26 bits per heavy atom. The smallest absolute Gasteiger partial charge is 0.200 e. The van der Waals surface area contributed by atoms with Gasteiger partial charge in [0.1, 0.15) is 6.61 Å². The Bertz CT molecular complexity index is 602. The van der Waals surface area contributed by atoms with E-state index in [1.54, 1.807) is 18.2 Å². The molecule has 2 rings (SSSR count). The number of benzene rings is 2. The highest BCUT2D eigenvalue weighted by molar-refractivity contribution is 9.10. The summed E-state index contributed by atoms with van der Waals surface area (Å²) in [6.07, 6.45) is 0. The lowest BCUT2D eigenvalue weighted by atomic mass is 10.2. The second-order valence-corrected chi connectivity index (χ2v) is 5.12. The van der Waals surface area contributed by atoms with Gasteiger partial charge in [0.2, 0.25) is 5.82 Å². The number of nitrogens with two attached hydrogens (primary N) is 1. The molecular formula is C13H9BrClF2NO. The van der Waals surface area contributed by atoms with Crippen LogP contribution in [0, 0.1) is 11.6 Å². The molecule has 0 fully saturated rings. The van der Waals surface area contributed by atoms with Gasteiger partial charge >= 0.3 is 0 Å². The van der Waals surface area contributed by atoms with Crippen molar-refractivity contribution in [1.29, 1.82) is 0 Å². The summed E-state index contributed by atoms with van der Waals surface area (Å²) in [5.74, 6) is -2.24. The lowest BCUT2D eigenvalue weighted by Crippen LogP contribution is -2.03. The van der Waals surface area contributed by atoms with Gasteiger partial charge in [0.25, 0.3) is 0 Å². The summed E-state index contributed by atoms with van der Waals surface area (Å²) in [5.41, 5.74) is 6.71. The molecular weight excluding hydrogens is 340 g/mol. The predicted octanol–water partition coefficient (Wildman–Crippen LogP) is 4.54. The van der Waals surface area contributed by atoms with E-state index in [0.29, 0.717) is 20.7 Å². The molecule has 0 saturated carbocycles. The summed E-state index contributed by atoms with van der Waals surface area (Å²) in [4.78, 5) is 0. The molecule has 0 amide bonds. The van der Waals surface area contributed by atoms with Crippen LogP contribution in [-0.2, 0) is 6.61 Å². The van der Waals surface area contributed by atoms with Gasteiger partial charge in [0, 0.05) is 20.7 Å². The monoisotopic (exact) mass is 347 g/mol. The van der Waals surface area contributed by atoms with E-state index >= 15 is 0 Å². The third kappa shape index (κ3) is 3.16. The molecule has 0 aliphatic heterocycles. The molecule has 2 N–H and O–H groups in total. The Balaban J connectivity index is 2.24. The average molecular weight is 349 g/mol. The minimum atomic E-state index is -1.05. The first-order valence-corrected chi connectivity index (χ1v) is 6.46. The second-order valence-electron chi connectivity index (χ2n) is 3.80. The number of hydrogen-bond acceptors (Lipinski definition) is 2. The highest BCUT2D eigenvalue weighted by atomic mass is 79.9. The van der Waals surface area contributed by atoms with Crippen molar-refractivity contribution >= 4 is 33.2 Å². The zero-order valence-electron chi connectivity index (χ0n) is 9.59. The van der Waals surface area contributed by atoms with Crippen LogP contribution in [0.2, 0.25) is 5.02 Å². The quantitative estimate of drug-likeness (QED) is 0.653. The zero-order chi connectivity index (χ0) is 14.0. The first-order valence-electron chi connectivity index (χ1n) is 5.29. The van der Waals surface area contributed by atoms with Gasteiger partial charge in [-0.3, -0.25) is 0 Å². The Morgan fingerprint density at radius 3 is 2.68 bits per heavy atom. The van der Waals surface area contributed by atoms with E-state index in [1.165, 1.54) is 6.07 Å². The molecule has 0 spiro atoms. The number of rotatable bonds is 3. The topological polar surface area (TPSA) is 35.2 Å². The van der Waals surface area contributed by atoms with E-state index in [-0.39, 0.29) is 12.4 Å². The first kappa shape index (κ1) is 14.1. The first-order chi connectivity index (χ1) is 8.99. The molecule has 0 saturated heterocycles. The molecule has 2 aromatic carbocycles. The predicted molar refractivity (Wildman–Crippen MR) is 74.3 cm³/mol. The molecule has 100 valence electrons. The van der Waals surface area contributed by atoms with Gasteiger partial charge in [0.15, 0.2) is 11.6 Å². The SMILES string of the molecule is Nc1cccc(Cl)c1COc1cc(Br)cc(F)c1F. The highest BCUT2D eigenvalue weighted by Gasteiger charge is 2.13. The van der Waals surface area contributed by atoms with Gasteiger partial charge in [-0.25, -0.2) is 4.39 Å². The van der Waals surface area contributed by atoms with E-state index in [2.05, 4.69) is 15.9 Å². The molecule has 19 heavy (non-hydrogen) atoms. The van der Waals surface area contributed by atoms with Crippen molar-refractivity contribution in [3.05, 3.63) is 57.0 Å². The lowest BCUT2D eigenvalue weighted by Gasteiger charge is -2.11. The van der Waals surface area contributed by atoms with Crippen LogP contribution < -0.4 is 10.5 Å². The summed E-state index contributed by atoms with van der Waals surface area (Å²) in [6.45, 7) is -0.0433. The van der Waals surface area contributed by atoms with Gasteiger partial charge in [0.05, 0.1) is 0 Å². The lowest BCUT2D eigenvalue weighted by molar-refractivity contribution is 0.285. The van der Waals surface area contributed by atoms with Crippen molar-refractivity contribution in [2.45, 2.75) is 6.61 Å². The van der Waals surface area contributed by atoms with Crippen molar-refractivity contribution in [2.24, 2.45) is 0 Å². The normalized spacial score (nSPS) is 10.5. The van der Waals surface area contributed by atoms with Crippen LogP contribution in [0.3, 0.4) is 0 Å². The maximum Gasteiger partial charge on any atom is 0.200 e. The van der Waals surface area contributed by atoms with Crippen LogP contribution in [0.25, 0.3) is 0 Å². The fourth-order valence-electron chi connectivity index (χ4n) is 1.51. The summed E-state index contributed by atoms with van der Waals surface area (Å²) in [5, 5.41) is 0.413. The van der Waals surface area contributed by atoms with E-state index < -0.39 is 11.6 Å². The number of ether oxygens (including phenoxy) is 1. The fourth-order valence-corrected chi connectivity index (χ4v) is 2.16. The van der Waals surface area contributed by atoms with E-state index in [1.807, 2.05) is 0 Å². The second kappa shape index (κ2) is 5.75. The number of anilines is 1. The molecule has 0 unspecified atom stereocenters. The molecule has 2 aromatic rings. The Labute approximate surface area is 122 Å². The molecule has 0 aliphatic carbocycles. The van der Waals surface area contributed by atoms with E-state index in [4.69, 9.17) is 22.1 Å². The van der Waals surface area contributed by atoms with Gasteiger partial charge < -0.3 is 10.5 Å². The van der Waals surface area contributed by atoms with Crippen LogP contribution in [0.1, 0.15) is 5.56 Å². The highest BCUT2D eigenvalue weighted by Crippen LogP contribution is 2.28. The van der Waals surface area contributed by atoms with Crippen molar-refractivity contribution in [2.75, 3.05) is 5.73 Å². The van der Waals surface area contributed by atoms with Crippen LogP contribution in [0.4, 0.5) is 14.5 Å². The number of hydrogen-bond donors (Lipinski definition) is 1.